The number of nitrogens with zero attached hydrogens (tertiary/aromatic N) is 4. The van der Waals surface area contributed by atoms with Gasteiger partial charge >= 0.3 is 0 Å². The highest BCUT2D eigenvalue weighted by atomic mass is 32.1. The Labute approximate surface area is 296 Å². The maximum Gasteiger partial charge on any atom is 0.164 e. The van der Waals surface area contributed by atoms with Crippen LogP contribution in [0.4, 0.5) is 0 Å². The van der Waals surface area contributed by atoms with Crippen LogP contribution in [-0.4, -0.2) is 19.9 Å². The molecule has 0 aliphatic carbocycles. The van der Waals surface area contributed by atoms with Crippen LogP contribution in [0.2, 0.25) is 0 Å². The lowest BCUT2D eigenvalue weighted by Gasteiger charge is -2.12. The van der Waals surface area contributed by atoms with E-state index in [-0.39, 0.29) is 0 Å². The van der Waals surface area contributed by atoms with Crippen molar-refractivity contribution in [3.8, 4) is 55.9 Å². The summed E-state index contributed by atoms with van der Waals surface area (Å²) in [5.41, 5.74) is 7.14. The number of benzene rings is 7. The normalized spacial score (nSPS) is 11.6. The number of hydrogen-bond acceptors (Lipinski definition) is 6. The van der Waals surface area contributed by atoms with Crippen molar-refractivity contribution in [1.82, 2.24) is 19.9 Å². The lowest BCUT2D eigenvalue weighted by Crippen LogP contribution is -2.01. The minimum atomic E-state index is 0.629. The molecule has 3 aromatic heterocycles. The van der Waals surface area contributed by atoms with Crippen LogP contribution in [-0.2, 0) is 0 Å². The summed E-state index contributed by atoms with van der Waals surface area (Å²) in [4.78, 5) is 20.6. The third-order valence-corrected chi connectivity index (χ3v) is 11.4. The van der Waals surface area contributed by atoms with Crippen LogP contribution in [0.1, 0.15) is 0 Å². The molecule has 7 aromatic carbocycles. The molecule has 50 heavy (non-hydrogen) atoms. The van der Waals surface area contributed by atoms with Crippen LogP contribution in [0, 0.1) is 0 Å². The van der Waals surface area contributed by atoms with E-state index in [0.29, 0.717) is 17.5 Å². The third-order valence-electron chi connectivity index (χ3n) is 9.14. The molecule has 0 amide bonds. The molecule has 0 fully saturated rings. The van der Waals surface area contributed by atoms with Gasteiger partial charge in [-0.2, -0.15) is 0 Å². The van der Waals surface area contributed by atoms with Gasteiger partial charge in [-0.3, -0.25) is 0 Å². The molecule has 0 radical (unpaired) electrons. The fraction of sp³-hybridized carbons (Fsp3) is 0. The molecule has 10 rings (SSSR count). The largest absolute Gasteiger partial charge is 0.236 e. The van der Waals surface area contributed by atoms with E-state index in [0.717, 1.165) is 54.7 Å². The highest BCUT2D eigenvalue weighted by Gasteiger charge is 2.19. The molecule has 0 atom stereocenters. The summed E-state index contributed by atoms with van der Waals surface area (Å²) < 4.78 is 3.81. The fourth-order valence-electron chi connectivity index (χ4n) is 6.75. The summed E-state index contributed by atoms with van der Waals surface area (Å²) in [6.07, 6.45) is 0. The first-order chi connectivity index (χ1) is 24.7. The first kappa shape index (κ1) is 28.9. The Bertz CT molecular complexity index is 2880. The van der Waals surface area contributed by atoms with E-state index >= 15 is 0 Å². The first-order valence-electron chi connectivity index (χ1n) is 16.5. The highest BCUT2D eigenvalue weighted by molar-refractivity contribution is 7.28. The monoisotopic (exact) mass is 674 g/mol. The van der Waals surface area contributed by atoms with Gasteiger partial charge in [0, 0.05) is 42.4 Å². The van der Waals surface area contributed by atoms with Crippen molar-refractivity contribution in [2.45, 2.75) is 0 Å². The maximum absolute atomic E-state index is 5.20. The molecule has 4 nitrogen and oxygen atoms in total. The van der Waals surface area contributed by atoms with Crippen LogP contribution in [0.3, 0.4) is 0 Å². The summed E-state index contributed by atoms with van der Waals surface area (Å²) >= 11 is 3.59. The average Bonchev–Trinajstić information content (AvgIpc) is 3.80. The number of fused-ring (bicyclic) bond motifs is 6. The van der Waals surface area contributed by atoms with Gasteiger partial charge in [0.05, 0.1) is 10.2 Å². The fourth-order valence-corrected chi connectivity index (χ4v) is 9.04. The van der Waals surface area contributed by atoms with Crippen LogP contribution < -0.4 is 0 Å². The molecule has 0 N–H and O–H groups in total. The summed E-state index contributed by atoms with van der Waals surface area (Å²) in [5, 5.41) is 5.75. The summed E-state index contributed by atoms with van der Waals surface area (Å²) in [6.45, 7) is 0. The Kier molecular flexibility index (Phi) is 6.82. The van der Waals surface area contributed by atoms with E-state index in [4.69, 9.17) is 19.9 Å². The van der Waals surface area contributed by atoms with Gasteiger partial charge in [-0.25, -0.2) is 19.9 Å². The van der Waals surface area contributed by atoms with E-state index in [1.54, 1.807) is 11.3 Å². The van der Waals surface area contributed by atoms with Crippen molar-refractivity contribution < 1.29 is 0 Å². The first-order valence-corrected chi connectivity index (χ1v) is 18.1. The molecule has 0 saturated heterocycles. The molecule has 0 aliphatic heterocycles. The molecule has 0 bridgehead atoms. The topological polar surface area (TPSA) is 51.6 Å². The lowest BCUT2D eigenvalue weighted by molar-refractivity contribution is 1.08. The van der Waals surface area contributed by atoms with Crippen molar-refractivity contribution in [2.24, 2.45) is 0 Å². The molecule has 0 saturated carbocycles. The van der Waals surface area contributed by atoms with Crippen LogP contribution >= 0.6 is 22.7 Å². The van der Waals surface area contributed by atoms with Gasteiger partial charge in [0.25, 0.3) is 0 Å². The Hall–Kier alpha value is -6.08. The second-order valence-electron chi connectivity index (χ2n) is 12.3. The molecule has 3 heterocycles. The molecule has 0 unspecified atom stereocenters. The van der Waals surface area contributed by atoms with Gasteiger partial charge in [0.1, 0.15) is 5.01 Å². The SMILES string of the molecule is c1ccc(-c2cccc(-c3nc(-c4ccccc4)nc(-c4cc(-c5nc6ccc7sc8ccccc8c7c6s5)cc5ccccc45)n3)c2)cc1. The highest BCUT2D eigenvalue weighted by Crippen LogP contribution is 2.43. The molecular weight excluding hydrogens is 649 g/mol. The van der Waals surface area contributed by atoms with E-state index in [9.17, 15) is 0 Å². The molecule has 0 spiro atoms. The number of aromatic nitrogens is 4. The number of thiazole rings is 1. The average molecular weight is 675 g/mol. The van der Waals surface area contributed by atoms with E-state index in [1.165, 1.54) is 24.9 Å². The third kappa shape index (κ3) is 4.96. The van der Waals surface area contributed by atoms with E-state index in [2.05, 4.69) is 121 Å². The standard InChI is InChI=1S/C44H26N4S2/c1-3-12-27(13-4-1)29-17-11-18-31(24-29)42-46-41(28-14-5-2-6-15-28)47-43(48-42)35-26-32(25-30-16-7-8-19-33(30)35)44-45-36-22-23-38-39(40(36)50-44)34-20-9-10-21-37(34)49-38/h1-26H. The summed E-state index contributed by atoms with van der Waals surface area (Å²) in [5.74, 6) is 1.90. The predicted octanol–water partition coefficient (Wildman–Crippen LogP) is 12.3. The molecule has 6 heteroatoms. The van der Waals surface area contributed by atoms with E-state index < -0.39 is 0 Å². The Morgan fingerprint density at radius 3 is 1.88 bits per heavy atom. The Morgan fingerprint density at radius 1 is 0.380 bits per heavy atom. The number of hydrogen-bond donors (Lipinski definition) is 0. The molecular formula is C44H26N4S2. The van der Waals surface area contributed by atoms with Crippen molar-refractivity contribution in [2.75, 3.05) is 0 Å². The molecule has 10 aromatic rings. The minimum absolute atomic E-state index is 0.629. The van der Waals surface area contributed by atoms with Crippen LogP contribution in [0.25, 0.3) is 97.0 Å². The molecule has 0 aliphatic rings. The minimum Gasteiger partial charge on any atom is -0.236 e. The predicted molar refractivity (Wildman–Crippen MR) is 211 cm³/mol. The second kappa shape index (κ2) is 11.8. The molecule has 234 valence electrons. The van der Waals surface area contributed by atoms with E-state index in [1.807, 2.05) is 47.7 Å². The van der Waals surface area contributed by atoms with Crippen molar-refractivity contribution in [3.63, 3.8) is 0 Å². The zero-order valence-corrected chi connectivity index (χ0v) is 28.2. The Balaban J connectivity index is 1.18. The van der Waals surface area contributed by atoms with Crippen LogP contribution in [0.5, 0.6) is 0 Å². The van der Waals surface area contributed by atoms with Crippen LogP contribution in [0.15, 0.2) is 158 Å². The zero-order chi connectivity index (χ0) is 33.0. The van der Waals surface area contributed by atoms with Crippen molar-refractivity contribution in [3.05, 3.63) is 158 Å². The van der Waals surface area contributed by atoms with Gasteiger partial charge in [0.2, 0.25) is 0 Å². The smallest absolute Gasteiger partial charge is 0.164 e. The van der Waals surface area contributed by atoms with Gasteiger partial charge in [0.15, 0.2) is 17.5 Å². The maximum atomic E-state index is 5.20. The zero-order valence-electron chi connectivity index (χ0n) is 26.6. The number of thiophene rings is 1. The lowest BCUT2D eigenvalue weighted by atomic mass is 10.00. The van der Waals surface area contributed by atoms with Gasteiger partial charge in [-0.1, -0.05) is 121 Å². The van der Waals surface area contributed by atoms with Gasteiger partial charge < -0.3 is 0 Å². The summed E-state index contributed by atoms with van der Waals surface area (Å²) in [6, 6.07) is 54.9. The van der Waals surface area contributed by atoms with Gasteiger partial charge in [-0.05, 0) is 58.3 Å². The van der Waals surface area contributed by atoms with Gasteiger partial charge in [-0.15, -0.1) is 22.7 Å². The van der Waals surface area contributed by atoms with Crippen molar-refractivity contribution in [1.29, 1.82) is 0 Å². The quantitative estimate of drug-likeness (QED) is 0.182. The van der Waals surface area contributed by atoms with Crippen molar-refractivity contribution >= 4 is 63.8 Å². The summed E-state index contributed by atoms with van der Waals surface area (Å²) in [7, 11) is 0. The second-order valence-corrected chi connectivity index (χ2v) is 14.4. The Morgan fingerprint density at radius 2 is 1.04 bits per heavy atom. The number of rotatable bonds is 5.